The number of aromatic nitrogens is 3. The summed E-state index contributed by atoms with van der Waals surface area (Å²) < 4.78 is 1.51. The van der Waals surface area contributed by atoms with E-state index in [1.807, 2.05) is 17.0 Å². The Morgan fingerprint density at radius 2 is 2.00 bits per heavy atom. The Labute approximate surface area is 203 Å². The van der Waals surface area contributed by atoms with Gasteiger partial charge >= 0.3 is 0 Å². The topological polar surface area (TPSA) is 118 Å². The molecule has 2 fully saturated rings. The van der Waals surface area contributed by atoms with Crippen molar-refractivity contribution in [2.45, 2.75) is 64.5 Å². The normalized spacial score (nSPS) is 22.7. The van der Waals surface area contributed by atoms with Gasteiger partial charge in [0.25, 0.3) is 11.8 Å². The fourth-order valence-electron chi connectivity index (χ4n) is 5.40. The van der Waals surface area contributed by atoms with Crippen LogP contribution in [0.25, 0.3) is 5.69 Å². The van der Waals surface area contributed by atoms with E-state index in [9.17, 15) is 19.2 Å². The number of benzene rings is 1. The van der Waals surface area contributed by atoms with Crippen LogP contribution in [-0.4, -0.2) is 67.6 Å². The molecule has 4 heterocycles. The molecule has 0 saturated carbocycles. The highest BCUT2D eigenvalue weighted by Crippen LogP contribution is 2.29. The first-order valence-electron chi connectivity index (χ1n) is 12.4. The van der Waals surface area contributed by atoms with Crippen molar-refractivity contribution in [3.05, 3.63) is 41.2 Å². The second-order valence-electron chi connectivity index (χ2n) is 9.67. The number of nitrogens with one attached hydrogen (secondary N) is 1. The quantitative estimate of drug-likeness (QED) is 0.658. The molecule has 35 heavy (non-hydrogen) atoms. The number of carbonyl (C=O) groups is 4. The number of amides is 4. The van der Waals surface area contributed by atoms with Crippen LogP contribution in [0, 0.1) is 5.92 Å². The summed E-state index contributed by atoms with van der Waals surface area (Å²) in [5.41, 5.74) is 2.21. The third kappa shape index (κ3) is 4.56. The maximum atomic E-state index is 13.1. The van der Waals surface area contributed by atoms with E-state index in [0.717, 1.165) is 37.9 Å². The summed E-state index contributed by atoms with van der Waals surface area (Å²) in [6.07, 6.45) is 7.69. The minimum absolute atomic E-state index is 0.116. The number of imide groups is 1. The fourth-order valence-corrected chi connectivity index (χ4v) is 5.40. The van der Waals surface area contributed by atoms with Gasteiger partial charge in [0.05, 0.1) is 11.9 Å². The second kappa shape index (κ2) is 9.59. The number of fused-ring (bicyclic) bond motifs is 1. The number of hydrogen-bond acceptors (Lipinski definition) is 6. The zero-order chi connectivity index (χ0) is 24.5. The van der Waals surface area contributed by atoms with E-state index in [1.54, 1.807) is 12.3 Å². The molecule has 1 N–H and O–H groups in total. The molecule has 3 aliphatic rings. The molecule has 0 radical (unpaired) electrons. The lowest BCUT2D eigenvalue weighted by Crippen LogP contribution is -2.52. The van der Waals surface area contributed by atoms with E-state index < -0.39 is 11.9 Å². The molecule has 2 saturated heterocycles. The van der Waals surface area contributed by atoms with Crippen LogP contribution in [0.4, 0.5) is 0 Å². The molecule has 1 aromatic heterocycles. The van der Waals surface area contributed by atoms with Crippen molar-refractivity contribution in [1.82, 2.24) is 30.1 Å². The molecule has 0 bridgehead atoms. The Morgan fingerprint density at radius 1 is 1.14 bits per heavy atom. The Morgan fingerprint density at radius 3 is 2.80 bits per heavy atom. The minimum atomic E-state index is -0.655. The molecule has 10 heteroatoms. The molecular weight excluding hydrogens is 448 g/mol. The number of carbonyl (C=O) groups excluding carboxylic acids is 4. The van der Waals surface area contributed by atoms with Crippen LogP contribution in [0.3, 0.4) is 0 Å². The summed E-state index contributed by atoms with van der Waals surface area (Å²) in [5, 5.41) is 10.6. The summed E-state index contributed by atoms with van der Waals surface area (Å²) in [6, 6.07) is 4.72. The maximum Gasteiger partial charge on any atom is 0.276 e. The van der Waals surface area contributed by atoms with E-state index in [4.69, 9.17) is 0 Å². The van der Waals surface area contributed by atoms with Crippen LogP contribution in [0.1, 0.15) is 78.3 Å². The van der Waals surface area contributed by atoms with Crippen LogP contribution in [-0.2, 0) is 16.1 Å². The lowest BCUT2D eigenvalue weighted by atomic mass is 9.96. The van der Waals surface area contributed by atoms with Gasteiger partial charge in [-0.05, 0) is 49.3 Å². The van der Waals surface area contributed by atoms with E-state index in [1.165, 1.54) is 22.4 Å². The third-order valence-electron chi connectivity index (χ3n) is 7.32. The molecule has 184 valence electrons. The molecule has 3 aliphatic heterocycles. The van der Waals surface area contributed by atoms with Crippen molar-refractivity contribution >= 4 is 23.6 Å². The third-order valence-corrected chi connectivity index (χ3v) is 7.32. The van der Waals surface area contributed by atoms with Crippen molar-refractivity contribution in [3.63, 3.8) is 0 Å². The summed E-state index contributed by atoms with van der Waals surface area (Å²) >= 11 is 0. The molecule has 1 aromatic carbocycles. The summed E-state index contributed by atoms with van der Waals surface area (Å²) in [5.74, 6) is -0.433. The first-order valence-corrected chi connectivity index (χ1v) is 12.4. The number of piperidine rings is 1. The lowest BCUT2D eigenvalue weighted by Gasteiger charge is -2.29. The van der Waals surface area contributed by atoms with Crippen LogP contribution < -0.4 is 5.32 Å². The first-order chi connectivity index (χ1) is 16.9. The monoisotopic (exact) mass is 478 g/mol. The summed E-state index contributed by atoms with van der Waals surface area (Å²) in [4.78, 5) is 53.3. The van der Waals surface area contributed by atoms with E-state index in [0.29, 0.717) is 30.1 Å². The van der Waals surface area contributed by atoms with Crippen LogP contribution in [0.15, 0.2) is 24.4 Å². The van der Waals surface area contributed by atoms with Crippen LogP contribution in [0.5, 0.6) is 0 Å². The lowest BCUT2D eigenvalue weighted by molar-refractivity contribution is -0.136. The number of rotatable bonds is 5. The van der Waals surface area contributed by atoms with E-state index in [2.05, 4.69) is 22.6 Å². The van der Waals surface area contributed by atoms with Gasteiger partial charge in [-0.1, -0.05) is 31.0 Å². The van der Waals surface area contributed by atoms with Gasteiger partial charge in [0.2, 0.25) is 11.8 Å². The zero-order valence-electron chi connectivity index (χ0n) is 19.9. The Bertz CT molecular complexity index is 1170. The van der Waals surface area contributed by atoms with Crippen LogP contribution >= 0.6 is 0 Å². The Balaban J connectivity index is 1.29. The van der Waals surface area contributed by atoms with Gasteiger partial charge in [-0.3, -0.25) is 24.5 Å². The highest BCUT2D eigenvalue weighted by atomic mass is 16.2. The van der Waals surface area contributed by atoms with E-state index in [-0.39, 0.29) is 29.8 Å². The van der Waals surface area contributed by atoms with Gasteiger partial charge in [-0.2, -0.15) is 0 Å². The minimum Gasteiger partial charge on any atom is -0.337 e. The molecule has 10 nitrogen and oxygen atoms in total. The first kappa shape index (κ1) is 23.2. The zero-order valence-corrected chi connectivity index (χ0v) is 19.9. The van der Waals surface area contributed by atoms with Crippen molar-refractivity contribution in [1.29, 1.82) is 0 Å². The van der Waals surface area contributed by atoms with Gasteiger partial charge in [-0.15, -0.1) is 5.10 Å². The standard InChI is InChI=1S/C25H30N6O4/c1-2-4-16-5-3-11-29(12-10-16)25(35)20-15-31(28-27-20)18-7-6-17-14-30(24(34)19(17)13-18)21-8-9-22(32)26-23(21)33/h6-7,13,15-16,21H,2-5,8-12,14H2,1H3,(H,26,32,33). The van der Waals surface area contributed by atoms with E-state index >= 15 is 0 Å². The number of likely N-dealkylation sites (tertiary alicyclic amines) is 1. The summed E-state index contributed by atoms with van der Waals surface area (Å²) in [6.45, 7) is 3.98. The van der Waals surface area contributed by atoms with Crippen molar-refractivity contribution in [2.75, 3.05) is 13.1 Å². The molecule has 2 unspecified atom stereocenters. The molecule has 2 aromatic rings. The van der Waals surface area contributed by atoms with Gasteiger partial charge in [0.1, 0.15) is 6.04 Å². The van der Waals surface area contributed by atoms with Crippen molar-refractivity contribution in [3.8, 4) is 5.69 Å². The SMILES string of the molecule is CCCC1CCCN(C(=O)c2cn(-c3ccc4c(c3)C(=O)N(C3CCC(=O)NC3=O)C4)nn2)CC1. The average molecular weight is 479 g/mol. The molecule has 0 spiro atoms. The number of nitrogens with zero attached hydrogens (tertiary/aromatic N) is 5. The Kier molecular flexibility index (Phi) is 6.36. The highest BCUT2D eigenvalue weighted by Gasteiger charge is 2.39. The predicted molar refractivity (Wildman–Crippen MR) is 126 cm³/mol. The second-order valence-corrected chi connectivity index (χ2v) is 9.67. The molecule has 2 atom stereocenters. The highest BCUT2D eigenvalue weighted by molar-refractivity contribution is 6.05. The molecule has 5 rings (SSSR count). The summed E-state index contributed by atoms with van der Waals surface area (Å²) in [7, 11) is 0. The largest absolute Gasteiger partial charge is 0.337 e. The van der Waals surface area contributed by atoms with Gasteiger partial charge in [0, 0.05) is 31.6 Å². The fraction of sp³-hybridized carbons (Fsp3) is 0.520. The van der Waals surface area contributed by atoms with Crippen molar-refractivity contribution < 1.29 is 19.2 Å². The van der Waals surface area contributed by atoms with Gasteiger partial charge in [0.15, 0.2) is 5.69 Å². The average Bonchev–Trinajstić information content (AvgIpc) is 3.38. The van der Waals surface area contributed by atoms with Crippen molar-refractivity contribution in [2.24, 2.45) is 5.92 Å². The predicted octanol–water partition coefficient (Wildman–Crippen LogP) is 2.07. The van der Waals surface area contributed by atoms with Gasteiger partial charge in [-0.25, -0.2) is 4.68 Å². The smallest absolute Gasteiger partial charge is 0.276 e. The van der Waals surface area contributed by atoms with Gasteiger partial charge < -0.3 is 9.80 Å². The molecule has 4 amide bonds. The molecular formula is C25H30N6O4. The molecule has 0 aliphatic carbocycles. The maximum absolute atomic E-state index is 13.1. The Hall–Kier alpha value is -3.56. The number of hydrogen-bond donors (Lipinski definition) is 1. The van der Waals surface area contributed by atoms with Crippen LogP contribution in [0.2, 0.25) is 0 Å².